The Morgan fingerprint density at radius 3 is 1.59 bits per heavy atom. The second-order valence-electron chi connectivity index (χ2n) is 10.4. The second kappa shape index (κ2) is 15.9. The van der Waals surface area contributed by atoms with Gasteiger partial charge in [0.05, 0.1) is 32.0 Å². The van der Waals surface area contributed by atoms with Gasteiger partial charge in [0.1, 0.15) is 12.2 Å². The van der Waals surface area contributed by atoms with E-state index in [-0.39, 0.29) is 19.8 Å². The number of hydrogen-bond donors (Lipinski definition) is 0. The zero-order valence-electron chi connectivity index (χ0n) is 24.5. The average molecular weight is 597 g/mol. The van der Waals surface area contributed by atoms with Crippen LogP contribution in [0.5, 0.6) is 0 Å². The Morgan fingerprint density at radius 1 is 0.591 bits per heavy atom. The van der Waals surface area contributed by atoms with Gasteiger partial charge < -0.3 is 28.4 Å². The molecule has 0 unspecified atom stereocenters. The lowest BCUT2D eigenvalue weighted by Gasteiger charge is -2.44. The maximum atomic E-state index is 13.5. The second-order valence-corrected chi connectivity index (χ2v) is 10.4. The van der Waals surface area contributed by atoms with Crippen LogP contribution in [0.2, 0.25) is 0 Å². The van der Waals surface area contributed by atoms with Gasteiger partial charge in [-0.15, -0.1) is 0 Å². The average Bonchev–Trinajstić information content (AvgIpc) is 3.05. The highest BCUT2D eigenvalue weighted by atomic mass is 16.7. The fourth-order valence-corrected chi connectivity index (χ4v) is 4.95. The highest BCUT2D eigenvalue weighted by Gasteiger charge is 2.51. The van der Waals surface area contributed by atoms with Crippen molar-refractivity contribution in [3.05, 3.63) is 144 Å². The van der Waals surface area contributed by atoms with Gasteiger partial charge in [-0.3, -0.25) is 4.79 Å². The molecule has 0 aromatic heterocycles. The minimum absolute atomic E-state index is 0.0803. The summed E-state index contributed by atoms with van der Waals surface area (Å²) in [6.07, 6.45) is -4.80. The van der Waals surface area contributed by atoms with E-state index in [0.29, 0.717) is 12.2 Å². The molecule has 0 amide bonds. The van der Waals surface area contributed by atoms with E-state index >= 15 is 0 Å². The lowest BCUT2D eigenvalue weighted by Crippen LogP contribution is -2.62. The standard InChI is InChI=1S/C36H36O8/c1-26(37)42-36-34(41-24-29-18-10-4-11-19-29)33(44-35(38)30-20-12-5-13-21-30)32(40-23-28-16-8-3-9-17-28)31(43-36)25-39-22-27-14-6-2-7-15-27/h2-21,31-34,36H,22-25H2,1H3/t31-,32-,33+,34+,36+/m1/s1. The van der Waals surface area contributed by atoms with E-state index in [9.17, 15) is 9.59 Å². The molecule has 8 nitrogen and oxygen atoms in total. The van der Waals surface area contributed by atoms with E-state index in [4.69, 9.17) is 28.4 Å². The van der Waals surface area contributed by atoms with Crippen molar-refractivity contribution in [3.8, 4) is 0 Å². The Labute approximate surface area is 257 Å². The zero-order valence-corrected chi connectivity index (χ0v) is 24.5. The van der Waals surface area contributed by atoms with E-state index < -0.39 is 42.6 Å². The summed E-state index contributed by atoms with van der Waals surface area (Å²) in [5, 5.41) is 0. The Hall–Kier alpha value is -4.34. The monoisotopic (exact) mass is 596 g/mol. The van der Waals surface area contributed by atoms with Crippen molar-refractivity contribution in [2.45, 2.75) is 57.5 Å². The third kappa shape index (κ3) is 8.84. The molecule has 1 heterocycles. The van der Waals surface area contributed by atoms with Crippen molar-refractivity contribution in [1.29, 1.82) is 0 Å². The van der Waals surface area contributed by atoms with Crippen LogP contribution in [0, 0.1) is 0 Å². The lowest BCUT2D eigenvalue weighted by molar-refractivity contribution is -0.311. The number of carbonyl (C=O) groups is 2. The van der Waals surface area contributed by atoms with Crippen LogP contribution in [0.15, 0.2) is 121 Å². The van der Waals surface area contributed by atoms with E-state index in [0.717, 1.165) is 16.7 Å². The fraction of sp³-hybridized carbons (Fsp3) is 0.278. The van der Waals surface area contributed by atoms with Crippen molar-refractivity contribution < 1.29 is 38.0 Å². The molecule has 1 aliphatic heterocycles. The molecule has 5 atom stereocenters. The van der Waals surface area contributed by atoms with Gasteiger partial charge in [0, 0.05) is 6.92 Å². The van der Waals surface area contributed by atoms with Gasteiger partial charge >= 0.3 is 11.9 Å². The Bertz CT molecular complexity index is 1430. The van der Waals surface area contributed by atoms with Gasteiger partial charge in [-0.25, -0.2) is 4.79 Å². The SMILES string of the molecule is CC(=O)O[C@H]1O[C@H](COCc2ccccc2)[C@@H](OCc2ccccc2)[C@H](OC(=O)c2ccccc2)[C@@H]1OCc1ccccc1. The molecule has 0 N–H and O–H groups in total. The first-order valence-corrected chi connectivity index (χ1v) is 14.6. The summed E-state index contributed by atoms with van der Waals surface area (Å²) in [6, 6.07) is 37.6. The van der Waals surface area contributed by atoms with E-state index in [2.05, 4.69) is 0 Å². The number of benzene rings is 4. The Kier molecular flexibility index (Phi) is 11.3. The van der Waals surface area contributed by atoms with Crippen LogP contribution in [0.4, 0.5) is 0 Å². The van der Waals surface area contributed by atoms with Crippen molar-refractivity contribution in [3.63, 3.8) is 0 Å². The smallest absolute Gasteiger partial charge is 0.338 e. The van der Waals surface area contributed by atoms with Gasteiger partial charge in [0.15, 0.2) is 12.2 Å². The molecule has 228 valence electrons. The summed E-state index contributed by atoms with van der Waals surface area (Å²) < 4.78 is 37.0. The van der Waals surface area contributed by atoms with Crippen LogP contribution in [0.3, 0.4) is 0 Å². The Balaban J connectivity index is 1.46. The third-order valence-electron chi connectivity index (χ3n) is 7.09. The topological polar surface area (TPSA) is 89.5 Å². The summed E-state index contributed by atoms with van der Waals surface area (Å²) in [6.45, 7) is 2.07. The lowest BCUT2D eigenvalue weighted by atomic mass is 9.97. The zero-order chi connectivity index (χ0) is 30.6. The van der Waals surface area contributed by atoms with Crippen LogP contribution in [0.1, 0.15) is 34.0 Å². The molecule has 5 rings (SSSR count). The van der Waals surface area contributed by atoms with E-state index in [1.165, 1.54) is 6.92 Å². The quantitative estimate of drug-likeness (QED) is 0.177. The molecule has 4 aromatic rings. The summed E-state index contributed by atoms with van der Waals surface area (Å²) in [4.78, 5) is 25.7. The minimum atomic E-state index is -1.19. The third-order valence-corrected chi connectivity index (χ3v) is 7.09. The van der Waals surface area contributed by atoms with Crippen LogP contribution >= 0.6 is 0 Å². The van der Waals surface area contributed by atoms with Crippen LogP contribution in [0.25, 0.3) is 0 Å². The molecule has 0 saturated carbocycles. The molecule has 44 heavy (non-hydrogen) atoms. The predicted molar refractivity (Wildman–Crippen MR) is 162 cm³/mol. The highest BCUT2D eigenvalue weighted by molar-refractivity contribution is 5.89. The van der Waals surface area contributed by atoms with Gasteiger partial charge in [-0.2, -0.15) is 0 Å². The normalized spacial score (nSPS) is 21.3. The molecular formula is C36H36O8. The van der Waals surface area contributed by atoms with Crippen LogP contribution in [-0.2, 0) is 53.0 Å². The van der Waals surface area contributed by atoms with Crippen molar-refractivity contribution in [1.82, 2.24) is 0 Å². The number of esters is 2. The first-order chi connectivity index (χ1) is 21.6. The molecule has 1 aliphatic rings. The number of rotatable bonds is 13. The molecule has 0 spiro atoms. The van der Waals surface area contributed by atoms with Gasteiger partial charge in [0.2, 0.25) is 6.29 Å². The number of carbonyl (C=O) groups excluding carboxylic acids is 2. The Morgan fingerprint density at radius 2 is 1.07 bits per heavy atom. The van der Waals surface area contributed by atoms with Crippen molar-refractivity contribution in [2.24, 2.45) is 0 Å². The highest BCUT2D eigenvalue weighted by Crippen LogP contribution is 2.31. The summed E-state index contributed by atoms with van der Waals surface area (Å²) in [5.74, 6) is -1.13. The molecular weight excluding hydrogens is 560 g/mol. The largest absolute Gasteiger partial charge is 0.453 e. The van der Waals surface area contributed by atoms with Crippen LogP contribution in [-0.4, -0.2) is 49.3 Å². The maximum Gasteiger partial charge on any atom is 0.338 e. The summed E-state index contributed by atoms with van der Waals surface area (Å²) >= 11 is 0. The van der Waals surface area contributed by atoms with E-state index in [1.807, 2.05) is 97.1 Å². The molecule has 8 heteroatoms. The fourth-order valence-electron chi connectivity index (χ4n) is 4.95. The van der Waals surface area contributed by atoms with Gasteiger partial charge in [0.25, 0.3) is 0 Å². The van der Waals surface area contributed by atoms with Crippen LogP contribution < -0.4 is 0 Å². The minimum Gasteiger partial charge on any atom is -0.453 e. The maximum absolute atomic E-state index is 13.5. The predicted octanol–water partition coefficient (Wildman–Crippen LogP) is 5.89. The van der Waals surface area contributed by atoms with Gasteiger partial charge in [-0.05, 0) is 28.8 Å². The molecule has 0 radical (unpaired) electrons. The molecule has 0 aliphatic carbocycles. The number of ether oxygens (including phenoxy) is 6. The van der Waals surface area contributed by atoms with E-state index in [1.54, 1.807) is 24.3 Å². The first kappa shape index (κ1) is 31.1. The molecule has 1 saturated heterocycles. The van der Waals surface area contributed by atoms with Crippen molar-refractivity contribution >= 4 is 11.9 Å². The summed E-state index contributed by atoms with van der Waals surface area (Å²) in [7, 11) is 0. The molecule has 4 aromatic carbocycles. The first-order valence-electron chi connectivity index (χ1n) is 14.6. The van der Waals surface area contributed by atoms with Crippen molar-refractivity contribution in [2.75, 3.05) is 6.61 Å². The van der Waals surface area contributed by atoms with Gasteiger partial charge in [-0.1, -0.05) is 109 Å². The molecule has 0 bridgehead atoms. The summed E-state index contributed by atoms with van der Waals surface area (Å²) in [5.41, 5.74) is 3.16. The molecule has 1 fully saturated rings. The number of hydrogen-bond acceptors (Lipinski definition) is 8.